The number of aromatic amines is 1. The molecule has 0 aliphatic heterocycles. The number of hydrogen-bond acceptors (Lipinski definition) is 3. The highest BCUT2D eigenvalue weighted by atomic mass is 19.1. The summed E-state index contributed by atoms with van der Waals surface area (Å²) in [5, 5.41) is 0.675. The van der Waals surface area contributed by atoms with Gasteiger partial charge in [0.1, 0.15) is 17.3 Å². The van der Waals surface area contributed by atoms with Gasteiger partial charge in [0.15, 0.2) is 0 Å². The molecule has 0 bridgehead atoms. The first-order valence-electron chi connectivity index (χ1n) is 11.1. The highest BCUT2D eigenvalue weighted by molar-refractivity contribution is 6.07. The van der Waals surface area contributed by atoms with Gasteiger partial charge in [-0.3, -0.25) is 4.79 Å². The molecule has 6 heteroatoms. The first-order valence-corrected chi connectivity index (χ1v) is 11.1. The normalized spacial score (nSPS) is 11.1. The molecule has 0 aliphatic rings. The number of fused-ring (bicyclic) bond motifs is 1. The maximum atomic E-state index is 13.4. The molecule has 1 heterocycles. The summed E-state index contributed by atoms with van der Waals surface area (Å²) < 4.78 is 19.2. The molecule has 0 saturated carbocycles. The average Bonchev–Trinajstić information content (AvgIpc) is 3.21. The van der Waals surface area contributed by atoms with Crippen molar-refractivity contribution in [1.29, 1.82) is 0 Å². The SMILES string of the molecule is C=CCN(C)CCCCCCOc1ccc(N(C)C(=O)c2cc3cc(F)ccc3[nH]2)cc1. The number of amides is 1. The van der Waals surface area contributed by atoms with Gasteiger partial charge in [0.05, 0.1) is 6.61 Å². The molecule has 3 aromatic rings. The number of aromatic nitrogens is 1. The van der Waals surface area contributed by atoms with Gasteiger partial charge in [-0.05, 0) is 75.0 Å². The number of benzene rings is 2. The minimum Gasteiger partial charge on any atom is -0.494 e. The van der Waals surface area contributed by atoms with Crippen molar-refractivity contribution in [2.45, 2.75) is 25.7 Å². The van der Waals surface area contributed by atoms with Crippen LogP contribution in [-0.4, -0.2) is 49.6 Å². The minimum atomic E-state index is -0.324. The number of nitrogens with one attached hydrogen (secondary N) is 1. The van der Waals surface area contributed by atoms with Crippen molar-refractivity contribution in [3.63, 3.8) is 0 Å². The van der Waals surface area contributed by atoms with Gasteiger partial charge < -0.3 is 19.5 Å². The number of nitrogens with zero attached hydrogens (tertiary/aromatic N) is 2. The second kappa shape index (κ2) is 11.5. The standard InChI is InChI=1S/C26H32FN3O2/c1-4-15-29(2)16-7-5-6-8-17-32-23-12-10-22(11-13-23)30(3)26(31)25-19-20-18-21(27)9-14-24(20)28-25/h4,9-14,18-19,28H,1,5-8,15-17H2,2-3H3. The highest BCUT2D eigenvalue weighted by Gasteiger charge is 2.16. The van der Waals surface area contributed by atoms with E-state index in [1.54, 1.807) is 24.1 Å². The second-order valence-electron chi connectivity index (χ2n) is 8.09. The number of H-pyrrole nitrogens is 1. The van der Waals surface area contributed by atoms with Gasteiger partial charge in [0.25, 0.3) is 5.91 Å². The van der Waals surface area contributed by atoms with Crippen LogP contribution in [0.1, 0.15) is 36.2 Å². The molecule has 0 aliphatic carbocycles. The average molecular weight is 438 g/mol. The van der Waals surface area contributed by atoms with E-state index >= 15 is 0 Å². The Labute approximate surface area is 189 Å². The fourth-order valence-corrected chi connectivity index (χ4v) is 3.62. The number of ether oxygens (including phenoxy) is 1. The lowest BCUT2D eigenvalue weighted by Gasteiger charge is -2.17. The molecule has 1 aromatic heterocycles. The van der Waals surface area contributed by atoms with Crippen molar-refractivity contribution in [2.24, 2.45) is 0 Å². The van der Waals surface area contributed by atoms with Gasteiger partial charge in [-0.15, -0.1) is 6.58 Å². The van der Waals surface area contributed by atoms with Crippen molar-refractivity contribution < 1.29 is 13.9 Å². The van der Waals surface area contributed by atoms with E-state index in [-0.39, 0.29) is 11.7 Å². The van der Waals surface area contributed by atoms with Gasteiger partial charge >= 0.3 is 0 Å². The fourth-order valence-electron chi connectivity index (χ4n) is 3.62. The summed E-state index contributed by atoms with van der Waals surface area (Å²) in [4.78, 5) is 19.7. The predicted octanol–water partition coefficient (Wildman–Crippen LogP) is 5.64. The number of halogens is 1. The zero-order valence-corrected chi connectivity index (χ0v) is 18.9. The van der Waals surface area contributed by atoms with E-state index in [4.69, 9.17) is 4.74 Å². The van der Waals surface area contributed by atoms with E-state index in [2.05, 4.69) is 23.5 Å². The second-order valence-corrected chi connectivity index (χ2v) is 8.09. The maximum absolute atomic E-state index is 13.4. The van der Waals surface area contributed by atoms with E-state index in [9.17, 15) is 9.18 Å². The highest BCUT2D eigenvalue weighted by Crippen LogP contribution is 2.22. The predicted molar refractivity (Wildman–Crippen MR) is 129 cm³/mol. The molecule has 1 amide bonds. The molecule has 3 rings (SSSR count). The number of anilines is 1. The minimum absolute atomic E-state index is 0.186. The van der Waals surface area contributed by atoms with Crippen LogP contribution in [0.15, 0.2) is 61.2 Å². The Kier molecular flexibility index (Phi) is 8.45. The van der Waals surface area contributed by atoms with Crippen LogP contribution in [0, 0.1) is 5.82 Å². The van der Waals surface area contributed by atoms with Crippen LogP contribution in [0.3, 0.4) is 0 Å². The number of unbranched alkanes of at least 4 members (excludes halogenated alkanes) is 3. The van der Waals surface area contributed by atoms with Crippen molar-refractivity contribution in [1.82, 2.24) is 9.88 Å². The molecular formula is C26H32FN3O2. The van der Waals surface area contributed by atoms with E-state index in [0.29, 0.717) is 17.7 Å². The molecule has 0 fully saturated rings. The monoisotopic (exact) mass is 437 g/mol. The van der Waals surface area contributed by atoms with Crippen LogP contribution in [0.25, 0.3) is 10.9 Å². The van der Waals surface area contributed by atoms with Crippen molar-refractivity contribution in [3.8, 4) is 5.75 Å². The lowest BCUT2D eigenvalue weighted by molar-refractivity contribution is 0.0989. The smallest absolute Gasteiger partial charge is 0.274 e. The van der Waals surface area contributed by atoms with Crippen LogP contribution in [0.4, 0.5) is 10.1 Å². The van der Waals surface area contributed by atoms with Crippen molar-refractivity contribution in [3.05, 3.63) is 72.7 Å². The Balaban J connectivity index is 1.44. The molecule has 170 valence electrons. The third kappa shape index (κ3) is 6.44. The topological polar surface area (TPSA) is 48.6 Å². The third-order valence-electron chi connectivity index (χ3n) is 5.49. The summed E-state index contributed by atoms with van der Waals surface area (Å²) in [5.41, 5.74) is 1.91. The summed E-state index contributed by atoms with van der Waals surface area (Å²) in [6.07, 6.45) is 6.47. The van der Waals surface area contributed by atoms with Gasteiger partial charge in [-0.1, -0.05) is 18.9 Å². The van der Waals surface area contributed by atoms with Crippen molar-refractivity contribution in [2.75, 3.05) is 38.7 Å². The van der Waals surface area contributed by atoms with Gasteiger partial charge in [0, 0.05) is 30.2 Å². The molecule has 0 atom stereocenters. The van der Waals surface area contributed by atoms with Gasteiger partial charge in [-0.2, -0.15) is 0 Å². The zero-order valence-electron chi connectivity index (χ0n) is 18.9. The van der Waals surface area contributed by atoms with E-state index < -0.39 is 0 Å². The Bertz CT molecular complexity index is 1030. The summed E-state index contributed by atoms with van der Waals surface area (Å²) in [5.74, 6) is 0.283. The summed E-state index contributed by atoms with van der Waals surface area (Å²) in [7, 11) is 3.83. The first kappa shape index (κ1) is 23.5. The van der Waals surface area contributed by atoms with Crippen LogP contribution in [-0.2, 0) is 0 Å². The lowest BCUT2D eigenvalue weighted by atomic mass is 10.2. The largest absolute Gasteiger partial charge is 0.494 e. The van der Waals surface area contributed by atoms with E-state index in [1.807, 2.05) is 30.3 Å². The van der Waals surface area contributed by atoms with Crippen LogP contribution < -0.4 is 9.64 Å². The number of likely N-dealkylation sites (N-methyl/N-ethyl adjacent to an activating group) is 1. The molecule has 1 N–H and O–H groups in total. The molecule has 0 radical (unpaired) electrons. The number of hydrogen-bond donors (Lipinski definition) is 1. The third-order valence-corrected chi connectivity index (χ3v) is 5.49. The Morgan fingerprint density at radius 3 is 2.56 bits per heavy atom. The molecule has 0 unspecified atom stereocenters. The quantitative estimate of drug-likeness (QED) is 0.295. The molecule has 0 spiro atoms. The van der Waals surface area contributed by atoms with Crippen LogP contribution in [0.2, 0.25) is 0 Å². The van der Waals surface area contributed by atoms with E-state index in [0.717, 1.165) is 42.9 Å². The number of carbonyl (C=O) groups is 1. The summed E-state index contributed by atoms with van der Waals surface area (Å²) in [6, 6.07) is 13.6. The fraction of sp³-hybridized carbons (Fsp3) is 0.346. The van der Waals surface area contributed by atoms with Gasteiger partial charge in [-0.25, -0.2) is 4.39 Å². The maximum Gasteiger partial charge on any atom is 0.274 e. The Morgan fingerprint density at radius 1 is 1.06 bits per heavy atom. The van der Waals surface area contributed by atoms with Crippen molar-refractivity contribution >= 4 is 22.5 Å². The molecule has 32 heavy (non-hydrogen) atoms. The molecule has 0 saturated heterocycles. The summed E-state index contributed by atoms with van der Waals surface area (Å²) in [6.45, 7) is 6.46. The molecule has 2 aromatic carbocycles. The Morgan fingerprint density at radius 2 is 1.81 bits per heavy atom. The molecule has 5 nitrogen and oxygen atoms in total. The van der Waals surface area contributed by atoms with Crippen LogP contribution >= 0.6 is 0 Å². The Hall–Kier alpha value is -3.12. The summed E-state index contributed by atoms with van der Waals surface area (Å²) >= 11 is 0. The first-order chi connectivity index (χ1) is 15.5. The van der Waals surface area contributed by atoms with Gasteiger partial charge in [0.2, 0.25) is 0 Å². The van der Waals surface area contributed by atoms with E-state index in [1.165, 1.54) is 25.0 Å². The number of carbonyl (C=O) groups excluding carboxylic acids is 1. The van der Waals surface area contributed by atoms with Crippen LogP contribution in [0.5, 0.6) is 5.75 Å². The number of rotatable bonds is 12. The molecular weight excluding hydrogens is 405 g/mol. The lowest BCUT2D eigenvalue weighted by Crippen LogP contribution is -2.26. The zero-order chi connectivity index (χ0) is 22.9.